The van der Waals surface area contributed by atoms with E-state index >= 15 is 0 Å². The third kappa shape index (κ3) is 10.9. The molecule has 5 atom stereocenters. The summed E-state index contributed by atoms with van der Waals surface area (Å²) in [7, 11) is 2.51. The van der Waals surface area contributed by atoms with Gasteiger partial charge in [-0.2, -0.15) is 0 Å². The van der Waals surface area contributed by atoms with E-state index in [1.54, 1.807) is 25.7 Å². The van der Waals surface area contributed by atoms with Crippen molar-refractivity contribution in [3.05, 3.63) is 0 Å². The first-order valence-electron chi connectivity index (χ1n) is 11.0. The molecule has 0 bridgehead atoms. The number of alkyl carbamates (subject to hydrolysis) is 1. The van der Waals surface area contributed by atoms with Crippen molar-refractivity contribution in [1.82, 2.24) is 10.2 Å². The molecule has 1 amide bonds. The second-order valence-electron chi connectivity index (χ2n) is 8.77. The maximum absolute atomic E-state index is 11.7. The Bertz CT molecular complexity index is 635. The molecule has 0 saturated carbocycles. The standard InChI is InChI=1S/C21H38N2O11/c1-21(2,3)34-20(29)22-8-11-32-19-18(28)17(27)16(26)13(33-19)12-23(9-6-14(24)30-4)10-7-15(25)31-5/h13,16-19,26-28H,6-12H2,1-5H3,(H,22,29)/t13-,16-,17+,18-,19-/m1/s1. The zero-order chi connectivity index (χ0) is 25.9. The predicted molar refractivity (Wildman–Crippen MR) is 117 cm³/mol. The molecule has 4 N–H and O–H groups in total. The molecule has 13 heteroatoms. The summed E-state index contributed by atoms with van der Waals surface area (Å²) in [6.07, 6.45) is -7.42. The van der Waals surface area contributed by atoms with Crippen LogP contribution in [0.25, 0.3) is 0 Å². The van der Waals surface area contributed by atoms with Crippen LogP contribution in [0.15, 0.2) is 0 Å². The van der Waals surface area contributed by atoms with Crippen molar-refractivity contribution in [2.75, 3.05) is 47.0 Å². The molecule has 0 aromatic rings. The average Bonchev–Trinajstić information content (AvgIpc) is 2.77. The van der Waals surface area contributed by atoms with Crippen LogP contribution >= 0.6 is 0 Å². The van der Waals surface area contributed by atoms with Gasteiger partial charge in [-0.1, -0.05) is 0 Å². The smallest absolute Gasteiger partial charge is 0.407 e. The Hall–Kier alpha value is -2.03. The Labute approximate surface area is 199 Å². The number of carbonyl (C=O) groups excluding carboxylic acids is 3. The van der Waals surface area contributed by atoms with Crippen LogP contribution in [0.3, 0.4) is 0 Å². The fourth-order valence-electron chi connectivity index (χ4n) is 3.10. The van der Waals surface area contributed by atoms with E-state index in [0.717, 1.165) is 0 Å². The number of nitrogens with zero attached hydrogens (tertiary/aromatic N) is 1. The maximum Gasteiger partial charge on any atom is 0.407 e. The molecule has 1 heterocycles. The minimum Gasteiger partial charge on any atom is -0.469 e. The van der Waals surface area contributed by atoms with Gasteiger partial charge >= 0.3 is 18.0 Å². The van der Waals surface area contributed by atoms with Crippen molar-refractivity contribution in [3.63, 3.8) is 0 Å². The van der Waals surface area contributed by atoms with Gasteiger partial charge in [-0.3, -0.25) is 14.5 Å². The van der Waals surface area contributed by atoms with E-state index in [1.165, 1.54) is 14.2 Å². The van der Waals surface area contributed by atoms with Gasteiger partial charge in [0.25, 0.3) is 0 Å². The number of hydrogen-bond donors (Lipinski definition) is 4. The van der Waals surface area contributed by atoms with E-state index in [4.69, 9.17) is 14.2 Å². The van der Waals surface area contributed by atoms with Crippen molar-refractivity contribution >= 4 is 18.0 Å². The van der Waals surface area contributed by atoms with Gasteiger partial charge in [-0.05, 0) is 20.8 Å². The molecular weight excluding hydrogens is 456 g/mol. The number of methoxy groups -OCH3 is 2. The zero-order valence-corrected chi connectivity index (χ0v) is 20.4. The van der Waals surface area contributed by atoms with Crippen LogP contribution < -0.4 is 5.32 Å². The molecule has 0 radical (unpaired) electrons. The Kier molecular flexibility index (Phi) is 12.7. The van der Waals surface area contributed by atoms with Crippen molar-refractivity contribution in [2.24, 2.45) is 0 Å². The van der Waals surface area contributed by atoms with Gasteiger partial charge in [-0.25, -0.2) is 4.79 Å². The molecular formula is C21H38N2O11. The molecule has 1 rings (SSSR count). The molecule has 1 aliphatic heterocycles. The van der Waals surface area contributed by atoms with E-state index < -0.39 is 54.3 Å². The third-order valence-corrected chi connectivity index (χ3v) is 4.88. The molecule has 13 nitrogen and oxygen atoms in total. The first kappa shape index (κ1) is 30.0. The Morgan fingerprint density at radius 2 is 1.50 bits per heavy atom. The molecule has 0 spiro atoms. The number of ether oxygens (including phenoxy) is 5. The van der Waals surface area contributed by atoms with E-state index in [2.05, 4.69) is 14.8 Å². The Balaban J connectivity index is 2.69. The minimum atomic E-state index is -1.56. The highest BCUT2D eigenvalue weighted by atomic mass is 16.7. The summed E-state index contributed by atoms with van der Waals surface area (Å²) in [5.41, 5.74) is -0.658. The molecule has 34 heavy (non-hydrogen) atoms. The molecule has 0 aliphatic carbocycles. The number of rotatable bonds is 12. The van der Waals surface area contributed by atoms with Crippen LogP contribution in [0.1, 0.15) is 33.6 Å². The molecule has 1 saturated heterocycles. The molecule has 198 valence electrons. The first-order valence-corrected chi connectivity index (χ1v) is 11.0. The summed E-state index contributed by atoms with van der Waals surface area (Å²) < 4.78 is 25.5. The number of nitrogens with one attached hydrogen (secondary N) is 1. The molecule has 1 fully saturated rings. The fraction of sp³-hybridized carbons (Fsp3) is 0.857. The van der Waals surface area contributed by atoms with E-state index in [1.807, 2.05) is 0 Å². The zero-order valence-electron chi connectivity index (χ0n) is 20.4. The first-order chi connectivity index (χ1) is 15.9. The van der Waals surface area contributed by atoms with E-state index in [-0.39, 0.29) is 45.6 Å². The summed E-state index contributed by atoms with van der Waals surface area (Å²) in [4.78, 5) is 36.4. The van der Waals surface area contributed by atoms with Gasteiger partial charge in [0.05, 0.1) is 33.7 Å². The van der Waals surface area contributed by atoms with Crippen LogP contribution in [-0.2, 0) is 33.3 Å². The third-order valence-electron chi connectivity index (χ3n) is 4.88. The summed E-state index contributed by atoms with van der Waals surface area (Å²) in [5, 5.41) is 33.4. The average molecular weight is 495 g/mol. The number of amides is 1. The normalized spacial score (nSPS) is 25.0. The quantitative estimate of drug-likeness (QED) is 0.145. The SMILES string of the molecule is COC(=O)CCN(CCC(=O)OC)C[C@H]1O[C@@H](OCCNC(=O)OC(C)(C)C)[C@H](O)[C@@H](O)[C@@H]1O. The topological polar surface area (TPSA) is 173 Å². The van der Waals surface area contributed by atoms with Gasteiger partial charge in [0.15, 0.2) is 6.29 Å². The maximum atomic E-state index is 11.7. The highest BCUT2D eigenvalue weighted by Gasteiger charge is 2.44. The lowest BCUT2D eigenvalue weighted by molar-refractivity contribution is -0.297. The van der Waals surface area contributed by atoms with Crippen molar-refractivity contribution in [3.8, 4) is 0 Å². The van der Waals surface area contributed by atoms with E-state index in [0.29, 0.717) is 0 Å². The fourth-order valence-corrected chi connectivity index (χ4v) is 3.10. The minimum absolute atomic E-state index is 0.0228. The number of esters is 2. The lowest BCUT2D eigenvalue weighted by Gasteiger charge is -2.42. The van der Waals surface area contributed by atoms with Crippen LogP contribution in [0, 0.1) is 0 Å². The van der Waals surface area contributed by atoms with Gasteiger partial charge < -0.3 is 44.3 Å². The molecule has 0 aromatic heterocycles. The number of aliphatic hydroxyl groups excluding tert-OH is 3. The Morgan fingerprint density at radius 3 is 2.00 bits per heavy atom. The van der Waals surface area contributed by atoms with Crippen LogP contribution in [0.4, 0.5) is 4.79 Å². The van der Waals surface area contributed by atoms with Crippen molar-refractivity contribution < 1.29 is 53.4 Å². The highest BCUT2D eigenvalue weighted by Crippen LogP contribution is 2.23. The summed E-state index contributed by atoms with van der Waals surface area (Å²) in [5.74, 6) is -0.912. The van der Waals surface area contributed by atoms with Crippen LogP contribution in [0.5, 0.6) is 0 Å². The highest BCUT2D eigenvalue weighted by molar-refractivity contribution is 5.70. The van der Waals surface area contributed by atoms with Crippen LogP contribution in [0.2, 0.25) is 0 Å². The lowest BCUT2D eigenvalue weighted by Crippen LogP contribution is -2.61. The Morgan fingerprint density at radius 1 is 0.941 bits per heavy atom. The number of hydrogen-bond acceptors (Lipinski definition) is 12. The van der Waals surface area contributed by atoms with Gasteiger partial charge in [0.1, 0.15) is 30.0 Å². The van der Waals surface area contributed by atoms with Crippen molar-refractivity contribution in [2.45, 2.75) is 69.9 Å². The second-order valence-corrected chi connectivity index (χ2v) is 8.77. The molecule has 0 aromatic carbocycles. The number of aliphatic hydroxyl groups is 3. The molecule has 0 unspecified atom stereocenters. The largest absolute Gasteiger partial charge is 0.469 e. The predicted octanol–water partition coefficient (Wildman–Crippen LogP) is -1.24. The van der Waals surface area contributed by atoms with Gasteiger partial charge in [0, 0.05) is 26.2 Å². The lowest BCUT2D eigenvalue weighted by atomic mass is 9.98. The monoisotopic (exact) mass is 494 g/mol. The van der Waals surface area contributed by atoms with Gasteiger partial charge in [-0.15, -0.1) is 0 Å². The van der Waals surface area contributed by atoms with E-state index in [9.17, 15) is 29.7 Å². The van der Waals surface area contributed by atoms with Crippen LogP contribution in [-0.4, -0.2) is 122 Å². The summed E-state index contributed by atoms with van der Waals surface area (Å²) >= 11 is 0. The summed E-state index contributed by atoms with van der Waals surface area (Å²) in [6, 6.07) is 0. The second kappa shape index (κ2) is 14.4. The van der Waals surface area contributed by atoms with Gasteiger partial charge in [0.2, 0.25) is 0 Å². The van der Waals surface area contributed by atoms with Crippen molar-refractivity contribution in [1.29, 1.82) is 0 Å². The summed E-state index contributed by atoms with van der Waals surface area (Å²) in [6.45, 7) is 5.57. The molecule has 1 aliphatic rings. The number of carbonyl (C=O) groups is 3.